The first-order valence-electron chi connectivity index (χ1n) is 8.08. The highest BCUT2D eigenvalue weighted by Gasteiger charge is 2.34. The molecular weight excluding hydrogens is 296 g/mol. The third-order valence-electron chi connectivity index (χ3n) is 4.15. The van der Waals surface area contributed by atoms with Crippen LogP contribution in [0.25, 0.3) is 0 Å². The van der Waals surface area contributed by atoms with Crippen molar-refractivity contribution in [3.8, 4) is 0 Å². The van der Waals surface area contributed by atoms with E-state index < -0.39 is 5.97 Å². The molecule has 0 unspecified atom stereocenters. The number of ether oxygens (including phenoxy) is 1. The van der Waals surface area contributed by atoms with Crippen LogP contribution in [0.2, 0.25) is 0 Å². The molecule has 1 amide bonds. The highest BCUT2D eigenvalue weighted by molar-refractivity contribution is 6.04. The van der Waals surface area contributed by atoms with Crippen LogP contribution in [0.3, 0.4) is 0 Å². The Hall–Kier alpha value is -2.11. The highest BCUT2D eigenvalue weighted by Crippen LogP contribution is 2.31. The molecule has 23 heavy (non-hydrogen) atoms. The molecule has 0 radical (unpaired) electrons. The zero-order valence-corrected chi connectivity index (χ0v) is 14.2. The number of likely N-dealkylation sites (N-methyl/N-ethyl adjacent to an activating group) is 1. The summed E-state index contributed by atoms with van der Waals surface area (Å²) in [6.45, 7) is 7.91. The first-order chi connectivity index (χ1) is 10.9. The monoisotopic (exact) mass is 320 g/mol. The van der Waals surface area contributed by atoms with E-state index in [1.165, 1.54) is 0 Å². The maximum atomic E-state index is 12.6. The van der Waals surface area contributed by atoms with E-state index in [9.17, 15) is 14.4 Å². The third kappa shape index (κ3) is 3.63. The number of amides is 1. The predicted molar refractivity (Wildman–Crippen MR) is 85.5 cm³/mol. The normalized spacial score (nSPS) is 13.7. The molecule has 6 nitrogen and oxygen atoms in total. The second-order valence-electron chi connectivity index (χ2n) is 5.90. The molecule has 1 saturated carbocycles. The standard InChI is InChI=1S/C17H24N2O4/c1-5-19(16(21)12-7-8-12)9-13(20)14-10(3)15(18-11(14)4)17(22)23-6-2/h12,18H,5-9H2,1-4H3. The van der Waals surface area contributed by atoms with Gasteiger partial charge in [-0.15, -0.1) is 0 Å². The number of aryl methyl sites for hydroxylation is 1. The van der Waals surface area contributed by atoms with Crippen LogP contribution in [0.4, 0.5) is 0 Å². The largest absolute Gasteiger partial charge is 0.461 e. The van der Waals surface area contributed by atoms with E-state index in [2.05, 4.69) is 4.98 Å². The van der Waals surface area contributed by atoms with Crippen LogP contribution < -0.4 is 0 Å². The Morgan fingerprint density at radius 2 is 1.87 bits per heavy atom. The fraction of sp³-hybridized carbons (Fsp3) is 0.588. The van der Waals surface area contributed by atoms with Gasteiger partial charge in [0, 0.05) is 23.7 Å². The molecule has 6 heteroatoms. The molecule has 0 aliphatic heterocycles. The van der Waals surface area contributed by atoms with Crippen molar-refractivity contribution in [2.75, 3.05) is 19.7 Å². The van der Waals surface area contributed by atoms with E-state index in [1.807, 2.05) is 6.92 Å². The van der Waals surface area contributed by atoms with Gasteiger partial charge < -0.3 is 14.6 Å². The number of esters is 1. The summed E-state index contributed by atoms with van der Waals surface area (Å²) in [4.78, 5) is 41.2. The molecule has 1 heterocycles. The zero-order valence-electron chi connectivity index (χ0n) is 14.2. The Balaban J connectivity index is 2.18. The van der Waals surface area contributed by atoms with Crippen LogP contribution >= 0.6 is 0 Å². The number of rotatable bonds is 7. The number of ketones is 1. The van der Waals surface area contributed by atoms with Crippen molar-refractivity contribution in [2.45, 2.75) is 40.5 Å². The summed E-state index contributed by atoms with van der Waals surface area (Å²) in [5, 5.41) is 0. The van der Waals surface area contributed by atoms with Crippen molar-refractivity contribution in [3.05, 3.63) is 22.5 Å². The van der Waals surface area contributed by atoms with Crippen molar-refractivity contribution >= 4 is 17.7 Å². The van der Waals surface area contributed by atoms with E-state index >= 15 is 0 Å². The van der Waals surface area contributed by atoms with Gasteiger partial charge in [0.2, 0.25) is 5.91 Å². The molecule has 1 fully saturated rings. The van der Waals surface area contributed by atoms with E-state index in [0.29, 0.717) is 29.1 Å². The summed E-state index contributed by atoms with van der Waals surface area (Å²) in [5.74, 6) is -0.472. The van der Waals surface area contributed by atoms with Gasteiger partial charge in [-0.1, -0.05) is 0 Å². The Morgan fingerprint density at radius 1 is 1.22 bits per heavy atom. The van der Waals surface area contributed by atoms with Crippen LogP contribution in [0, 0.1) is 19.8 Å². The minimum atomic E-state index is -0.464. The number of Topliss-reactive ketones (excluding diaryl/α,β-unsaturated/α-hetero) is 1. The smallest absolute Gasteiger partial charge is 0.355 e. The lowest BCUT2D eigenvalue weighted by Gasteiger charge is -2.20. The molecule has 0 aromatic carbocycles. The van der Waals surface area contributed by atoms with E-state index in [4.69, 9.17) is 4.74 Å². The first-order valence-corrected chi connectivity index (χ1v) is 8.08. The van der Waals surface area contributed by atoms with Gasteiger partial charge in [0.05, 0.1) is 13.2 Å². The molecular formula is C17H24N2O4. The quantitative estimate of drug-likeness (QED) is 0.617. The average Bonchev–Trinajstić information content (AvgIpc) is 3.30. The van der Waals surface area contributed by atoms with Gasteiger partial charge in [0.15, 0.2) is 5.78 Å². The van der Waals surface area contributed by atoms with Crippen molar-refractivity contribution < 1.29 is 19.1 Å². The van der Waals surface area contributed by atoms with Gasteiger partial charge in [-0.2, -0.15) is 0 Å². The van der Waals surface area contributed by atoms with Crippen LogP contribution in [-0.4, -0.2) is 47.2 Å². The van der Waals surface area contributed by atoms with Gasteiger partial charge in [-0.25, -0.2) is 4.79 Å². The van der Waals surface area contributed by atoms with E-state index in [-0.39, 0.29) is 30.8 Å². The number of carbonyl (C=O) groups is 3. The molecule has 1 aromatic rings. The minimum Gasteiger partial charge on any atom is -0.461 e. The first kappa shape index (κ1) is 17.2. The summed E-state index contributed by atoms with van der Waals surface area (Å²) in [7, 11) is 0. The highest BCUT2D eigenvalue weighted by atomic mass is 16.5. The summed E-state index contributed by atoms with van der Waals surface area (Å²) in [6.07, 6.45) is 1.83. The number of aromatic nitrogens is 1. The van der Waals surface area contributed by atoms with E-state index in [0.717, 1.165) is 12.8 Å². The molecule has 1 N–H and O–H groups in total. The molecule has 1 aromatic heterocycles. The molecule has 1 aliphatic carbocycles. The SMILES string of the molecule is CCOC(=O)c1[nH]c(C)c(C(=O)CN(CC)C(=O)C2CC2)c1C. The van der Waals surface area contributed by atoms with Crippen molar-refractivity contribution in [3.63, 3.8) is 0 Å². The fourth-order valence-corrected chi connectivity index (χ4v) is 2.76. The number of nitrogens with one attached hydrogen (secondary N) is 1. The van der Waals surface area contributed by atoms with Crippen LogP contribution in [0.5, 0.6) is 0 Å². The van der Waals surface area contributed by atoms with E-state index in [1.54, 1.807) is 25.7 Å². The number of carbonyl (C=O) groups excluding carboxylic acids is 3. The lowest BCUT2D eigenvalue weighted by atomic mass is 10.0. The van der Waals surface area contributed by atoms with Crippen LogP contribution in [0.1, 0.15) is 58.8 Å². The topological polar surface area (TPSA) is 79.5 Å². The van der Waals surface area contributed by atoms with Crippen LogP contribution in [-0.2, 0) is 9.53 Å². The third-order valence-corrected chi connectivity index (χ3v) is 4.15. The molecule has 0 saturated heterocycles. The Kier molecular flexibility index (Phi) is 5.23. The molecule has 2 rings (SSSR count). The van der Waals surface area contributed by atoms with Crippen LogP contribution in [0.15, 0.2) is 0 Å². The molecule has 0 spiro atoms. The number of hydrogen-bond donors (Lipinski definition) is 1. The zero-order chi connectivity index (χ0) is 17.1. The van der Waals surface area contributed by atoms with Gasteiger partial charge in [-0.05, 0) is 46.1 Å². The number of nitrogens with zero attached hydrogens (tertiary/aromatic N) is 1. The Labute approximate surface area is 136 Å². The average molecular weight is 320 g/mol. The van der Waals surface area contributed by atoms with Crippen molar-refractivity contribution in [1.82, 2.24) is 9.88 Å². The number of hydrogen-bond acceptors (Lipinski definition) is 4. The Morgan fingerprint density at radius 3 is 2.39 bits per heavy atom. The lowest BCUT2D eigenvalue weighted by Crippen LogP contribution is -2.36. The van der Waals surface area contributed by atoms with Gasteiger partial charge in [-0.3, -0.25) is 9.59 Å². The van der Waals surface area contributed by atoms with Gasteiger partial charge in [0.1, 0.15) is 5.69 Å². The predicted octanol–water partition coefficient (Wildman–Crippen LogP) is 2.25. The summed E-state index contributed by atoms with van der Waals surface area (Å²) < 4.78 is 4.99. The maximum Gasteiger partial charge on any atom is 0.355 e. The summed E-state index contributed by atoms with van der Waals surface area (Å²) in [5.41, 5.74) is 2.01. The molecule has 0 bridgehead atoms. The molecule has 126 valence electrons. The number of aromatic amines is 1. The summed E-state index contributed by atoms with van der Waals surface area (Å²) in [6, 6.07) is 0. The second-order valence-corrected chi connectivity index (χ2v) is 5.90. The lowest BCUT2D eigenvalue weighted by molar-refractivity contribution is -0.131. The molecule has 0 atom stereocenters. The molecule has 1 aliphatic rings. The van der Waals surface area contributed by atoms with Gasteiger partial charge in [0.25, 0.3) is 0 Å². The summed E-state index contributed by atoms with van der Waals surface area (Å²) >= 11 is 0. The number of H-pyrrole nitrogens is 1. The minimum absolute atomic E-state index is 0.0492. The van der Waals surface area contributed by atoms with Gasteiger partial charge >= 0.3 is 5.97 Å². The van der Waals surface area contributed by atoms with Crippen molar-refractivity contribution in [1.29, 1.82) is 0 Å². The maximum absolute atomic E-state index is 12.6. The Bertz CT molecular complexity index is 629. The fourth-order valence-electron chi connectivity index (χ4n) is 2.76. The van der Waals surface area contributed by atoms with Crippen molar-refractivity contribution in [2.24, 2.45) is 5.92 Å². The second kappa shape index (κ2) is 6.98.